The number of hydrogen-bond acceptors (Lipinski definition) is 3. The molecule has 1 amide bonds. The Morgan fingerprint density at radius 2 is 2.00 bits per heavy atom. The molecule has 1 atom stereocenters. The molecule has 2 heterocycles. The number of halogens is 1. The van der Waals surface area contributed by atoms with Crippen LogP contribution in [0.5, 0.6) is 0 Å². The van der Waals surface area contributed by atoms with Gasteiger partial charge >= 0.3 is 0 Å². The molecule has 3 aliphatic rings. The van der Waals surface area contributed by atoms with Crippen molar-refractivity contribution in [3.63, 3.8) is 0 Å². The molecule has 1 N–H and O–H groups in total. The maximum Gasteiger partial charge on any atom is 0.236 e. The van der Waals surface area contributed by atoms with Crippen molar-refractivity contribution < 1.29 is 4.79 Å². The van der Waals surface area contributed by atoms with Crippen molar-refractivity contribution in [1.82, 2.24) is 15.1 Å². The van der Waals surface area contributed by atoms with Gasteiger partial charge in [-0.25, -0.2) is 0 Å². The van der Waals surface area contributed by atoms with Crippen molar-refractivity contribution in [3.05, 3.63) is 0 Å². The summed E-state index contributed by atoms with van der Waals surface area (Å²) < 4.78 is 0. The lowest BCUT2D eigenvalue weighted by molar-refractivity contribution is -0.133. The van der Waals surface area contributed by atoms with Crippen LogP contribution < -0.4 is 5.32 Å². The van der Waals surface area contributed by atoms with E-state index in [1.807, 2.05) is 11.9 Å². The lowest BCUT2D eigenvalue weighted by atomic mass is 9.86. The highest BCUT2D eigenvalue weighted by atomic mass is 35.5. The molecule has 2 aliphatic heterocycles. The minimum Gasteiger partial charge on any atom is -0.342 e. The molecule has 0 aromatic carbocycles. The van der Waals surface area contributed by atoms with E-state index in [2.05, 4.69) is 17.1 Å². The fourth-order valence-corrected chi connectivity index (χ4v) is 4.44. The maximum atomic E-state index is 12.6. The topological polar surface area (TPSA) is 35.6 Å². The Kier molecular flexibility index (Phi) is 6.14. The van der Waals surface area contributed by atoms with Crippen LogP contribution >= 0.6 is 12.4 Å². The molecule has 128 valence electrons. The first-order valence-corrected chi connectivity index (χ1v) is 8.77. The van der Waals surface area contributed by atoms with Gasteiger partial charge in [0.15, 0.2) is 0 Å². The first-order valence-electron chi connectivity index (χ1n) is 8.77. The Balaban J connectivity index is 0.00000176. The van der Waals surface area contributed by atoms with Gasteiger partial charge in [-0.2, -0.15) is 0 Å². The van der Waals surface area contributed by atoms with Crippen molar-refractivity contribution in [2.24, 2.45) is 11.3 Å². The van der Waals surface area contributed by atoms with Crippen molar-refractivity contribution >= 4 is 18.3 Å². The van der Waals surface area contributed by atoms with Crippen molar-refractivity contribution in [2.45, 2.75) is 51.5 Å². The summed E-state index contributed by atoms with van der Waals surface area (Å²) in [6.45, 7) is 7.47. The summed E-state index contributed by atoms with van der Waals surface area (Å²) >= 11 is 0. The molecule has 3 rings (SSSR count). The average molecular weight is 330 g/mol. The van der Waals surface area contributed by atoms with Gasteiger partial charge in [-0.1, -0.05) is 6.92 Å². The molecule has 1 saturated carbocycles. The quantitative estimate of drug-likeness (QED) is 0.861. The summed E-state index contributed by atoms with van der Waals surface area (Å²) in [4.78, 5) is 17.0. The number of rotatable bonds is 3. The highest BCUT2D eigenvalue weighted by Gasteiger charge is 2.41. The van der Waals surface area contributed by atoms with Crippen LogP contribution in [0.2, 0.25) is 0 Å². The summed E-state index contributed by atoms with van der Waals surface area (Å²) in [7, 11) is 2.02. The number of carbonyl (C=O) groups excluding carboxylic acids is 1. The summed E-state index contributed by atoms with van der Waals surface area (Å²) in [6, 6.07) is 0.485. The molecule has 3 fully saturated rings. The Morgan fingerprint density at radius 1 is 1.27 bits per heavy atom. The Hall–Kier alpha value is -0.320. The van der Waals surface area contributed by atoms with E-state index in [0.29, 0.717) is 23.9 Å². The molecule has 22 heavy (non-hydrogen) atoms. The van der Waals surface area contributed by atoms with E-state index in [0.717, 1.165) is 32.1 Å². The van der Waals surface area contributed by atoms with Crippen LogP contribution in [-0.2, 0) is 4.79 Å². The fraction of sp³-hybridized carbons (Fsp3) is 0.941. The summed E-state index contributed by atoms with van der Waals surface area (Å²) in [6.07, 6.45) is 7.49. The van der Waals surface area contributed by atoms with Gasteiger partial charge in [0.25, 0.3) is 0 Å². The van der Waals surface area contributed by atoms with E-state index >= 15 is 0 Å². The van der Waals surface area contributed by atoms with Crippen LogP contribution in [0.4, 0.5) is 0 Å². The third kappa shape index (κ3) is 3.95. The average Bonchev–Trinajstić information content (AvgIpc) is 3.09. The number of likely N-dealkylation sites (tertiary alicyclic amines) is 1. The van der Waals surface area contributed by atoms with E-state index in [4.69, 9.17) is 0 Å². The zero-order chi connectivity index (χ0) is 14.9. The largest absolute Gasteiger partial charge is 0.342 e. The molecular formula is C17H32ClN3O. The zero-order valence-electron chi connectivity index (χ0n) is 14.1. The van der Waals surface area contributed by atoms with Crippen LogP contribution in [-0.4, -0.2) is 61.5 Å². The van der Waals surface area contributed by atoms with Crippen LogP contribution in [0.15, 0.2) is 0 Å². The normalized spacial score (nSPS) is 35.5. The second kappa shape index (κ2) is 7.50. The lowest BCUT2D eigenvalue weighted by Gasteiger charge is -2.34. The smallest absolute Gasteiger partial charge is 0.236 e. The molecule has 0 radical (unpaired) electrons. The highest BCUT2D eigenvalue weighted by molar-refractivity contribution is 5.85. The van der Waals surface area contributed by atoms with Crippen LogP contribution in [0, 0.1) is 11.3 Å². The van der Waals surface area contributed by atoms with E-state index in [-0.39, 0.29) is 12.4 Å². The summed E-state index contributed by atoms with van der Waals surface area (Å²) in [5, 5.41) is 3.49. The first kappa shape index (κ1) is 18.0. The SMILES string of the molecule is CC1CCC(N(C)C(=O)CN2CCC3(CCNC3)C2)CC1.Cl. The predicted molar refractivity (Wildman–Crippen MR) is 92.4 cm³/mol. The molecule has 4 nitrogen and oxygen atoms in total. The van der Waals surface area contributed by atoms with Gasteiger partial charge in [0.2, 0.25) is 5.91 Å². The fourth-order valence-electron chi connectivity index (χ4n) is 4.44. The van der Waals surface area contributed by atoms with Gasteiger partial charge in [-0.3, -0.25) is 9.69 Å². The number of carbonyl (C=O) groups is 1. The second-order valence-electron chi connectivity index (χ2n) is 7.81. The second-order valence-corrected chi connectivity index (χ2v) is 7.81. The maximum absolute atomic E-state index is 12.6. The Bertz CT molecular complexity index is 376. The molecule has 0 aromatic rings. The standard InChI is InChI=1S/C17H31N3O.ClH/c1-14-3-5-15(6-4-14)19(2)16(21)11-20-10-8-17(13-20)7-9-18-12-17;/h14-15,18H,3-13H2,1-2H3;1H. The molecule has 1 spiro atoms. The third-order valence-corrected chi connectivity index (χ3v) is 6.13. The van der Waals surface area contributed by atoms with E-state index < -0.39 is 0 Å². The molecule has 0 aromatic heterocycles. The molecule has 0 bridgehead atoms. The van der Waals surface area contributed by atoms with Crippen LogP contribution in [0.3, 0.4) is 0 Å². The predicted octanol–water partition coefficient (Wildman–Crippen LogP) is 2.13. The van der Waals surface area contributed by atoms with Gasteiger partial charge in [-0.05, 0) is 62.9 Å². The van der Waals surface area contributed by atoms with Crippen molar-refractivity contribution in [2.75, 3.05) is 39.8 Å². The summed E-state index contributed by atoms with van der Waals surface area (Å²) in [5.41, 5.74) is 0.471. The molecule has 2 saturated heterocycles. The molecule has 1 aliphatic carbocycles. The molecule has 5 heteroatoms. The Morgan fingerprint density at radius 3 is 2.64 bits per heavy atom. The third-order valence-electron chi connectivity index (χ3n) is 6.13. The number of likely N-dealkylation sites (N-methyl/N-ethyl adjacent to an activating group) is 1. The molecule has 1 unspecified atom stereocenters. The van der Waals surface area contributed by atoms with Gasteiger partial charge in [0.1, 0.15) is 0 Å². The molecular weight excluding hydrogens is 298 g/mol. The van der Waals surface area contributed by atoms with E-state index in [1.54, 1.807) is 0 Å². The lowest BCUT2D eigenvalue weighted by Crippen LogP contribution is -2.44. The van der Waals surface area contributed by atoms with Crippen molar-refractivity contribution in [3.8, 4) is 0 Å². The number of nitrogens with zero attached hydrogens (tertiary/aromatic N) is 2. The van der Waals surface area contributed by atoms with Crippen LogP contribution in [0.25, 0.3) is 0 Å². The zero-order valence-corrected chi connectivity index (χ0v) is 15.0. The Labute approximate surface area is 141 Å². The van der Waals surface area contributed by atoms with Crippen LogP contribution in [0.1, 0.15) is 45.4 Å². The number of hydrogen-bond donors (Lipinski definition) is 1. The van der Waals surface area contributed by atoms with Gasteiger partial charge < -0.3 is 10.2 Å². The van der Waals surface area contributed by atoms with Gasteiger partial charge in [0, 0.05) is 26.2 Å². The van der Waals surface area contributed by atoms with Gasteiger partial charge in [0.05, 0.1) is 6.54 Å². The van der Waals surface area contributed by atoms with E-state index in [9.17, 15) is 4.79 Å². The van der Waals surface area contributed by atoms with Crippen molar-refractivity contribution in [1.29, 1.82) is 0 Å². The minimum absolute atomic E-state index is 0. The monoisotopic (exact) mass is 329 g/mol. The first-order chi connectivity index (χ1) is 10.1. The number of amides is 1. The number of nitrogens with one attached hydrogen (secondary N) is 1. The van der Waals surface area contributed by atoms with E-state index in [1.165, 1.54) is 38.5 Å². The minimum atomic E-state index is 0. The highest BCUT2D eigenvalue weighted by Crippen LogP contribution is 2.36. The summed E-state index contributed by atoms with van der Waals surface area (Å²) in [5.74, 6) is 1.18. The van der Waals surface area contributed by atoms with Gasteiger partial charge in [-0.15, -0.1) is 12.4 Å².